The van der Waals surface area contributed by atoms with E-state index in [4.69, 9.17) is 9.47 Å². The van der Waals surface area contributed by atoms with Crippen molar-refractivity contribution in [2.24, 2.45) is 0 Å². The number of hydrogen-bond donors (Lipinski definition) is 1. The minimum absolute atomic E-state index is 0.181. The molecular weight excluding hydrogens is 286 g/mol. The topological polar surface area (TPSA) is 91.2 Å². The van der Waals surface area contributed by atoms with Gasteiger partial charge in [-0.05, 0) is 29.5 Å². The number of amides is 1. The zero-order chi connectivity index (χ0) is 15.4. The van der Waals surface area contributed by atoms with Crippen molar-refractivity contribution in [1.82, 2.24) is 25.5 Å². The second kappa shape index (κ2) is 6.25. The Balaban J connectivity index is 1.70. The van der Waals surface area contributed by atoms with Crippen LogP contribution < -0.4 is 5.32 Å². The molecule has 0 saturated heterocycles. The number of hydrogen-bond acceptors (Lipinski definition) is 6. The number of para-hydroxylation sites is 1. The summed E-state index contributed by atoms with van der Waals surface area (Å²) in [5.74, 6) is 0.853. The number of nitrogens with zero attached hydrogens (tertiary/aromatic N) is 4. The monoisotopic (exact) mass is 301 g/mol. The summed E-state index contributed by atoms with van der Waals surface area (Å²) in [4.78, 5) is 12.1. The summed E-state index contributed by atoms with van der Waals surface area (Å²) in [6.07, 6.45) is 0. The zero-order valence-electron chi connectivity index (χ0n) is 12.0. The van der Waals surface area contributed by atoms with Gasteiger partial charge in [-0.15, -0.1) is 5.10 Å². The summed E-state index contributed by atoms with van der Waals surface area (Å²) in [5, 5.41) is 14.2. The van der Waals surface area contributed by atoms with Crippen LogP contribution in [0.2, 0.25) is 0 Å². The molecule has 114 valence electrons. The molecule has 1 N–H and O–H groups in total. The summed E-state index contributed by atoms with van der Waals surface area (Å²) in [6.45, 7) is 2.69. The third kappa shape index (κ3) is 2.90. The molecular formula is C14H15N5O3. The Hall–Kier alpha value is -2.90. The standard InChI is InChI=1S/C14H15N5O3/c1-10-13(22-8-7-21-10)14(20)15-9-12-16-17-18-19(12)11-5-3-2-4-6-11/h2-6H,7-9H2,1H3,(H,15,20). The lowest BCUT2D eigenvalue weighted by atomic mass is 10.3. The van der Waals surface area contributed by atoms with E-state index in [0.29, 0.717) is 24.8 Å². The van der Waals surface area contributed by atoms with E-state index < -0.39 is 0 Å². The Bertz CT molecular complexity index is 696. The van der Waals surface area contributed by atoms with Gasteiger partial charge in [-0.3, -0.25) is 4.79 Å². The van der Waals surface area contributed by atoms with E-state index in [-0.39, 0.29) is 18.2 Å². The second-order valence-electron chi connectivity index (χ2n) is 4.61. The quantitative estimate of drug-likeness (QED) is 0.887. The highest BCUT2D eigenvalue weighted by atomic mass is 16.6. The number of carbonyl (C=O) groups is 1. The van der Waals surface area contributed by atoms with Crippen LogP contribution in [-0.2, 0) is 20.8 Å². The molecule has 3 rings (SSSR count). The van der Waals surface area contributed by atoms with E-state index >= 15 is 0 Å². The molecule has 2 aromatic rings. The molecule has 0 saturated carbocycles. The van der Waals surface area contributed by atoms with Gasteiger partial charge in [0.25, 0.3) is 5.91 Å². The summed E-state index contributed by atoms with van der Waals surface area (Å²) >= 11 is 0. The molecule has 1 amide bonds. The highest BCUT2D eigenvalue weighted by molar-refractivity contribution is 5.91. The van der Waals surface area contributed by atoms with Gasteiger partial charge in [0.05, 0.1) is 12.2 Å². The lowest BCUT2D eigenvalue weighted by Gasteiger charge is -2.19. The lowest BCUT2D eigenvalue weighted by Crippen LogP contribution is -2.30. The van der Waals surface area contributed by atoms with Crippen molar-refractivity contribution in [3.63, 3.8) is 0 Å². The first-order valence-corrected chi connectivity index (χ1v) is 6.83. The van der Waals surface area contributed by atoms with Crippen molar-refractivity contribution in [2.75, 3.05) is 13.2 Å². The maximum Gasteiger partial charge on any atom is 0.290 e. The normalized spacial score (nSPS) is 14.2. The highest BCUT2D eigenvalue weighted by Gasteiger charge is 2.20. The third-order valence-electron chi connectivity index (χ3n) is 3.12. The molecule has 0 aliphatic carbocycles. The molecule has 1 aliphatic rings. The largest absolute Gasteiger partial charge is 0.491 e. The second-order valence-corrected chi connectivity index (χ2v) is 4.61. The predicted octanol–water partition coefficient (Wildman–Crippen LogP) is 0.557. The van der Waals surface area contributed by atoms with Gasteiger partial charge in [0.15, 0.2) is 5.82 Å². The molecule has 0 unspecified atom stereocenters. The van der Waals surface area contributed by atoms with E-state index in [2.05, 4.69) is 20.8 Å². The third-order valence-corrected chi connectivity index (χ3v) is 3.12. The summed E-state index contributed by atoms with van der Waals surface area (Å²) in [5.41, 5.74) is 0.824. The van der Waals surface area contributed by atoms with E-state index in [1.165, 1.54) is 0 Å². The molecule has 0 radical (unpaired) electrons. The number of benzene rings is 1. The minimum atomic E-state index is -0.347. The molecule has 1 aromatic carbocycles. The van der Waals surface area contributed by atoms with Crippen LogP contribution in [-0.4, -0.2) is 39.3 Å². The SMILES string of the molecule is CC1=C(C(=O)NCc2nnnn2-c2ccccc2)OCCO1. The number of nitrogens with one attached hydrogen (secondary N) is 1. The molecule has 0 atom stereocenters. The molecule has 8 nitrogen and oxygen atoms in total. The van der Waals surface area contributed by atoms with Gasteiger partial charge in [0.2, 0.25) is 5.76 Å². The Labute approximate surface area is 126 Å². The molecule has 0 spiro atoms. The highest BCUT2D eigenvalue weighted by Crippen LogP contribution is 2.13. The van der Waals surface area contributed by atoms with Crippen LogP contribution in [0.15, 0.2) is 41.9 Å². The van der Waals surface area contributed by atoms with Crippen molar-refractivity contribution in [1.29, 1.82) is 0 Å². The predicted molar refractivity (Wildman–Crippen MR) is 75.6 cm³/mol. The number of tetrazole rings is 1. The van der Waals surface area contributed by atoms with Crippen molar-refractivity contribution < 1.29 is 14.3 Å². The fourth-order valence-electron chi connectivity index (χ4n) is 2.06. The fraction of sp³-hybridized carbons (Fsp3) is 0.286. The number of aromatic nitrogens is 4. The molecule has 0 bridgehead atoms. The van der Waals surface area contributed by atoms with Crippen LogP contribution >= 0.6 is 0 Å². The molecule has 8 heteroatoms. The van der Waals surface area contributed by atoms with Crippen LogP contribution in [0, 0.1) is 0 Å². The number of allylic oxidation sites excluding steroid dienone is 1. The number of rotatable bonds is 4. The Morgan fingerprint density at radius 3 is 2.82 bits per heavy atom. The van der Waals surface area contributed by atoms with Crippen LogP contribution in [0.25, 0.3) is 5.69 Å². The van der Waals surface area contributed by atoms with Gasteiger partial charge >= 0.3 is 0 Å². The van der Waals surface area contributed by atoms with Crippen molar-refractivity contribution in [3.8, 4) is 5.69 Å². The van der Waals surface area contributed by atoms with Crippen molar-refractivity contribution in [3.05, 3.63) is 47.7 Å². The van der Waals surface area contributed by atoms with Crippen LogP contribution in [0.3, 0.4) is 0 Å². The average Bonchev–Trinajstić information content (AvgIpc) is 3.02. The van der Waals surface area contributed by atoms with E-state index in [9.17, 15) is 4.79 Å². The summed E-state index contributed by atoms with van der Waals surface area (Å²) in [7, 11) is 0. The zero-order valence-corrected chi connectivity index (χ0v) is 12.0. The first-order valence-electron chi connectivity index (χ1n) is 6.83. The number of ether oxygens (including phenoxy) is 2. The molecule has 1 aromatic heterocycles. The van der Waals surface area contributed by atoms with Gasteiger partial charge in [0.1, 0.15) is 19.0 Å². The molecule has 0 fully saturated rings. The van der Waals surface area contributed by atoms with E-state index in [0.717, 1.165) is 5.69 Å². The van der Waals surface area contributed by atoms with Crippen molar-refractivity contribution in [2.45, 2.75) is 13.5 Å². The van der Waals surface area contributed by atoms with Crippen LogP contribution in [0.1, 0.15) is 12.7 Å². The maximum absolute atomic E-state index is 12.1. The Morgan fingerprint density at radius 2 is 2.05 bits per heavy atom. The first-order chi connectivity index (χ1) is 10.8. The van der Waals surface area contributed by atoms with Gasteiger partial charge in [-0.2, -0.15) is 4.68 Å². The first kappa shape index (κ1) is 14.1. The maximum atomic E-state index is 12.1. The van der Waals surface area contributed by atoms with Gasteiger partial charge in [0, 0.05) is 0 Å². The van der Waals surface area contributed by atoms with Gasteiger partial charge in [-0.25, -0.2) is 0 Å². The molecule has 22 heavy (non-hydrogen) atoms. The van der Waals surface area contributed by atoms with Crippen molar-refractivity contribution >= 4 is 5.91 Å². The lowest BCUT2D eigenvalue weighted by molar-refractivity contribution is -0.122. The smallest absolute Gasteiger partial charge is 0.290 e. The molecule has 1 aliphatic heterocycles. The summed E-state index contributed by atoms with van der Waals surface area (Å²) < 4.78 is 12.2. The fourth-order valence-corrected chi connectivity index (χ4v) is 2.06. The Morgan fingerprint density at radius 1 is 1.27 bits per heavy atom. The summed E-state index contributed by atoms with van der Waals surface area (Å²) in [6, 6.07) is 9.45. The van der Waals surface area contributed by atoms with E-state index in [1.807, 2.05) is 30.3 Å². The van der Waals surface area contributed by atoms with Gasteiger partial charge in [-0.1, -0.05) is 18.2 Å². The molecule has 2 heterocycles. The minimum Gasteiger partial charge on any atom is -0.491 e. The van der Waals surface area contributed by atoms with Crippen LogP contribution in [0.4, 0.5) is 0 Å². The number of carbonyl (C=O) groups excluding carboxylic acids is 1. The van der Waals surface area contributed by atoms with Gasteiger partial charge < -0.3 is 14.8 Å². The average molecular weight is 301 g/mol. The van der Waals surface area contributed by atoms with E-state index in [1.54, 1.807) is 11.6 Å². The van der Waals surface area contributed by atoms with Crippen LogP contribution in [0.5, 0.6) is 0 Å². The Kier molecular flexibility index (Phi) is 3.99.